The fourth-order valence-corrected chi connectivity index (χ4v) is 5.10. The third kappa shape index (κ3) is 4.68. The molecule has 0 amide bonds. The van der Waals surface area contributed by atoms with Crippen molar-refractivity contribution in [3.63, 3.8) is 0 Å². The van der Waals surface area contributed by atoms with Gasteiger partial charge in [0.15, 0.2) is 4.34 Å². The monoisotopic (exact) mass is 430 g/mol. The topological polar surface area (TPSA) is 50.7 Å². The molecule has 4 nitrogen and oxygen atoms in total. The summed E-state index contributed by atoms with van der Waals surface area (Å²) in [5, 5.41) is 16.4. The van der Waals surface area contributed by atoms with Gasteiger partial charge in [-0.1, -0.05) is 65.0 Å². The number of anilines is 2. The van der Waals surface area contributed by atoms with E-state index in [9.17, 15) is 0 Å². The van der Waals surface area contributed by atoms with Crippen molar-refractivity contribution in [3.8, 4) is 10.6 Å². The number of thioether (sulfide) groups is 1. The van der Waals surface area contributed by atoms with Crippen LogP contribution in [0.5, 0.6) is 0 Å². The van der Waals surface area contributed by atoms with E-state index in [4.69, 9.17) is 16.6 Å². The molecule has 2 aromatic heterocycles. The quantitative estimate of drug-likeness (QED) is 0.346. The molecular weight excluding hydrogens is 416 g/mol. The van der Waals surface area contributed by atoms with Crippen LogP contribution in [0.3, 0.4) is 0 Å². The number of thiazole rings is 1. The second-order valence-corrected chi connectivity index (χ2v) is 9.25. The molecule has 27 heavy (non-hydrogen) atoms. The van der Waals surface area contributed by atoms with E-state index in [0.717, 1.165) is 42.2 Å². The fourth-order valence-electron chi connectivity index (χ4n) is 2.38. The van der Waals surface area contributed by atoms with Crippen molar-refractivity contribution in [3.05, 3.63) is 70.2 Å². The van der Waals surface area contributed by atoms with E-state index in [1.54, 1.807) is 34.4 Å². The molecule has 0 radical (unpaired) electrons. The number of aromatic nitrogens is 3. The van der Waals surface area contributed by atoms with Crippen LogP contribution in [0, 0.1) is 6.92 Å². The van der Waals surface area contributed by atoms with Gasteiger partial charge in [0.1, 0.15) is 5.01 Å². The molecule has 0 atom stereocenters. The van der Waals surface area contributed by atoms with Crippen molar-refractivity contribution >= 4 is 56.9 Å². The molecular formula is C19H15ClN4S3. The zero-order chi connectivity index (χ0) is 18.6. The first-order valence-electron chi connectivity index (χ1n) is 8.17. The van der Waals surface area contributed by atoms with Gasteiger partial charge in [-0.2, -0.15) is 0 Å². The Morgan fingerprint density at radius 2 is 1.89 bits per heavy atom. The van der Waals surface area contributed by atoms with Crippen molar-refractivity contribution < 1.29 is 0 Å². The van der Waals surface area contributed by atoms with E-state index >= 15 is 0 Å². The average Bonchev–Trinajstić information content (AvgIpc) is 3.32. The maximum atomic E-state index is 5.95. The summed E-state index contributed by atoms with van der Waals surface area (Å²) in [6, 6.07) is 15.9. The summed E-state index contributed by atoms with van der Waals surface area (Å²) in [6.07, 6.45) is 0. The average molecular weight is 431 g/mol. The molecule has 4 aromatic rings. The van der Waals surface area contributed by atoms with Crippen LogP contribution in [-0.4, -0.2) is 15.2 Å². The molecule has 8 heteroatoms. The number of nitrogens with one attached hydrogen (secondary N) is 1. The van der Waals surface area contributed by atoms with E-state index in [0.29, 0.717) is 0 Å². The number of hydrogen-bond donors (Lipinski definition) is 1. The van der Waals surface area contributed by atoms with Gasteiger partial charge in [-0.05, 0) is 30.7 Å². The maximum absolute atomic E-state index is 5.95. The summed E-state index contributed by atoms with van der Waals surface area (Å²) in [5.74, 6) is 0.767. The first-order chi connectivity index (χ1) is 13.2. The van der Waals surface area contributed by atoms with Crippen LogP contribution < -0.4 is 5.32 Å². The number of nitrogens with zero attached hydrogens (tertiary/aromatic N) is 3. The molecule has 0 aliphatic rings. The van der Waals surface area contributed by atoms with Gasteiger partial charge in [0.2, 0.25) is 5.13 Å². The van der Waals surface area contributed by atoms with Crippen LogP contribution in [-0.2, 0) is 5.75 Å². The molecule has 1 N–H and O–H groups in total. The molecule has 4 rings (SSSR count). The Balaban J connectivity index is 1.38. The van der Waals surface area contributed by atoms with Crippen molar-refractivity contribution in [1.82, 2.24) is 15.2 Å². The Kier molecular flexibility index (Phi) is 5.73. The second-order valence-electron chi connectivity index (χ2n) is 5.75. The van der Waals surface area contributed by atoms with Gasteiger partial charge in [-0.15, -0.1) is 21.5 Å². The summed E-state index contributed by atoms with van der Waals surface area (Å²) >= 11 is 10.8. The normalized spacial score (nSPS) is 10.9. The molecule has 0 spiro atoms. The second kappa shape index (κ2) is 8.39. The molecule has 0 unspecified atom stereocenters. The number of aryl methyl sites for hydroxylation is 1. The number of halogens is 1. The molecule has 0 saturated heterocycles. The molecule has 2 heterocycles. The van der Waals surface area contributed by atoms with Gasteiger partial charge in [0.05, 0.1) is 5.69 Å². The van der Waals surface area contributed by atoms with Gasteiger partial charge in [0, 0.05) is 27.4 Å². The van der Waals surface area contributed by atoms with Gasteiger partial charge < -0.3 is 5.32 Å². The van der Waals surface area contributed by atoms with Crippen molar-refractivity contribution in [2.24, 2.45) is 0 Å². The highest BCUT2D eigenvalue weighted by molar-refractivity contribution is 8.00. The smallest absolute Gasteiger partial charge is 0.210 e. The van der Waals surface area contributed by atoms with E-state index in [1.165, 1.54) is 5.56 Å². The predicted octanol–water partition coefficient (Wildman–Crippen LogP) is 6.66. The minimum Gasteiger partial charge on any atom is -0.330 e. The summed E-state index contributed by atoms with van der Waals surface area (Å²) in [5.41, 5.74) is 4.36. The van der Waals surface area contributed by atoms with Crippen LogP contribution in [0.4, 0.5) is 10.8 Å². The van der Waals surface area contributed by atoms with Gasteiger partial charge in [-0.25, -0.2) is 4.98 Å². The predicted molar refractivity (Wildman–Crippen MR) is 116 cm³/mol. The van der Waals surface area contributed by atoms with Gasteiger partial charge in [-0.3, -0.25) is 0 Å². The SMILES string of the molecule is Cc1ccccc1Nc1nnc(SCc2csc(-c3ccc(Cl)cc3)n2)s1. The van der Waals surface area contributed by atoms with Gasteiger partial charge >= 0.3 is 0 Å². The third-order valence-corrected chi connectivity index (χ3v) is 6.98. The van der Waals surface area contributed by atoms with Crippen molar-refractivity contribution in [1.29, 1.82) is 0 Å². The molecule has 0 bridgehead atoms. The Morgan fingerprint density at radius 3 is 2.70 bits per heavy atom. The Morgan fingerprint density at radius 1 is 1.07 bits per heavy atom. The minimum absolute atomic E-state index is 0.734. The van der Waals surface area contributed by atoms with E-state index in [1.807, 2.05) is 42.5 Å². The highest BCUT2D eigenvalue weighted by atomic mass is 35.5. The van der Waals surface area contributed by atoms with Crippen LogP contribution >= 0.6 is 46.0 Å². The lowest BCUT2D eigenvalue weighted by Gasteiger charge is -2.04. The number of para-hydroxylation sites is 1. The molecule has 0 aliphatic carbocycles. The lowest BCUT2D eigenvalue weighted by molar-refractivity contribution is 1.01. The largest absolute Gasteiger partial charge is 0.330 e. The molecule has 0 aliphatic heterocycles. The first-order valence-corrected chi connectivity index (χ1v) is 11.2. The van der Waals surface area contributed by atoms with Crippen molar-refractivity contribution in [2.45, 2.75) is 17.0 Å². The fraction of sp³-hybridized carbons (Fsp3) is 0.105. The van der Waals surface area contributed by atoms with Crippen molar-refractivity contribution in [2.75, 3.05) is 5.32 Å². The first kappa shape index (κ1) is 18.4. The number of benzene rings is 2. The van der Waals surface area contributed by atoms with E-state index in [-0.39, 0.29) is 0 Å². The Hall–Kier alpha value is -1.93. The highest BCUT2D eigenvalue weighted by Crippen LogP contribution is 2.32. The van der Waals surface area contributed by atoms with Crippen LogP contribution in [0.2, 0.25) is 5.02 Å². The zero-order valence-corrected chi connectivity index (χ0v) is 17.6. The summed E-state index contributed by atoms with van der Waals surface area (Å²) in [6.45, 7) is 2.07. The van der Waals surface area contributed by atoms with E-state index < -0.39 is 0 Å². The van der Waals surface area contributed by atoms with Crippen LogP contribution in [0.1, 0.15) is 11.3 Å². The molecule has 0 fully saturated rings. The van der Waals surface area contributed by atoms with Crippen LogP contribution in [0.25, 0.3) is 10.6 Å². The minimum atomic E-state index is 0.734. The summed E-state index contributed by atoms with van der Waals surface area (Å²) in [7, 11) is 0. The van der Waals surface area contributed by atoms with Gasteiger partial charge in [0.25, 0.3) is 0 Å². The summed E-state index contributed by atoms with van der Waals surface area (Å²) < 4.78 is 0.923. The number of rotatable bonds is 6. The third-order valence-electron chi connectivity index (χ3n) is 3.78. The standard InChI is InChI=1S/C19H15ClN4S3/c1-12-4-2-3-5-16(12)22-18-23-24-19(27-18)26-11-15-10-25-17(21-15)13-6-8-14(20)9-7-13/h2-10H,11H2,1H3,(H,22,23). The van der Waals surface area contributed by atoms with Crippen LogP contribution in [0.15, 0.2) is 58.3 Å². The molecule has 0 saturated carbocycles. The molecule has 2 aromatic carbocycles. The molecule has 136 valence electrons. The Bertz CT molecular complexity index is 1040. The lowest BCUT2D eigenvalue weighted by Crippen LogP contribution is -1.91. The maximum Gasteiger partial charge on any atom is 0.210 e. The number of hydrogen-bond acceptors (Lipinski definition) is 7. The summed E-state index contributed by atoms with van der Waals surface area (Å²) in [4.78, 5) is 4.71. The van der Waals surface area contributed by atoms with E-state index in [2.05, 4.69) is 33.9 Å². The highest BCUT2D eigenvalue weighted by Gasteiger charge is 2.09. The lowest BCUT2D eigenvalue weighted by atomic mass is 10.2. The zero-order valence-electron chi connectivity index (χ0n) is 14.3. The Labute approximate surface area is 174 Å².